The smallest absolute Gasteiger partial charge is 0.348 e. The molecule has 8 nitrogen and oxygen atoms in total. The average Bonchev–Trinajstić information content (AvgIpc) is 3.05. The van der Waals surface area contributed by atoms with Gasteiger partial charge in [-0.2, -0.15) is 0 Å². The summed E-state index contributed by atoms with van der Waals surface area (Å²) in [7, 11) is 2.27. The second kappa shape index (κ2) is 8.17. The maximum Gasteiger partial charge on any atom is 0.348 e. The van der Waals surface area contributed by atoms with Crippen LogP contribution in [0.25, 0.3) is 5.76 Å². The van der Waals surface area contributed by atoms with Crippen molar-refractivity contribution in [3.63, 3.8) is 0 Å². The van der Waals surface area contributed by atoms with E-state index in [1.165, 1.54) is 11.0 Å². The molecule has 0 aromatic heterocycles. The molecular formula is C23H25NO7. The number of carbonyl (C=O) groups excluding carboxylic acids is 4. The number of benzene rings is 1. The number of carbonyl (C=O) groups is 4. The van der Waals surface area contributed by atoms with E-state index in [0.29, 0.717) is 18.4 Å². The molecule has 2 heterocycles. The third-order valence-corrected chi connectivity index (χ3v) is 6.48. The van der Waals surface area contributed by atoms with E-state index in [2.05, 4.69) is 0 Å². The summed E-state index contributed by atoms with van der Waals surface area (Å²) in [5, 5.41) is 0. The third-order valence-electron chi connectivity index (χ3n) is 6.48. The Bertz CT molecular complexity index is 935. The molecule has 0 spiro atoms. The number of likely N-dealkylation sites (tertiary alicyclic amines) is 1. The summed E-state index contributed by atoms with van der Waals surface area (Å²) in [5.74, 6) is -4.13. The van der Waals surface area contributed by atoms with Crippen molar-refractivity contribution in [2.24, 2.45) is 11.3 Å². The highest BCUT2D eigenvalue weighted by Gasteiger charge is 2.73. The predicted molar refractivity (Wildman–Crippen MR) is 108 cm³/mol. The van der Waals surface area contributed by atoms with E-state index in [1.807, 2.05) is 6.07 Å². The van der Waals surface area contributed by atoms with Crippen molar-refractivity contribution in [2.75, 3.05) is 14.2 Å². The maximum absolute atomic E-state index is 13.7. The summed E-state index contributed by atoms with van der Waals surface area (Å²) in [4.78, 5) is 54.3. The molecule has 2 fully saturated rings. The van der Waals surface area contributed by atoms with Crippen LogP contribution >= 0.6 is 0 Å². The summed E-state index contributed by atoms with van der Waals surface area (Å²) in [6, 6.07) is 8.58. The van der Waals surface area contributed by atoms with Gasteiger partial charge in [-0.3, -0.25) is 19.3 Å². The van der Waals surface area contributed by atoms with Gasteiger partial charge in [0, 0.05) is 11.6 Å². The Morgan fingerprint density at radius 1 is 1.03 bits per heavy atom. The highest BCUT2D eigenvalue weighted by Crippen LogP contribution is 2.51. The number of rotatable bonds is 4. The summed E-state index contributed by atoms with van der Waals surface area (Å²) >= 11 is 0. The molecule has 164 valence electrons. The Labute approximate surface area is 180 Å². The number of amides is 2. The van der Waals surface area contributed by atoms with Gasteiger partial charge in [0.05, 0.1) is 20.1 Å². The lowest BCUT2D eigenvalue weighted by molar-refractivity contribution is -0.181. The van der Waals surface area contributed by atoms with Crippen molar-refractivity contribution in [1.82, 2.24) is 4.90 Å². The number of nitrogens with zero attached hydrogens (tertiary/aromatic N) is 1. The summed E-state index contributed by atoms with van der Waals surface area (Å²) in [6.07, 6.45) is 3.97. The van der Waals surface area contributed by atoms with Gasteiger partial charge in [-0.25, -0.2) is 4.79 Å². The second-order valence-corrected chi connectivity index (χ2v) is 8.06. The largest absolute Gasteiger partial charge is 0.477 e. The molecule has 1 saturated carbocycles. The van der Waals surface area contributed by atoms with Gasteiger partial charge in [-0.15, -0.1) is 0 Å². The normalized spacial score (nSPS) is 28.5. The molecule has 1 aromatic rings. The first-order valence-electron chi connectivity index (χ1n) is 10.4. The van der Waals surface area contributed by atoms with Gasteiger partial charge in [-0.1, -0.05) is 49.6 Å². The fraction of sp³-hybridized carbons (Fsp3) is 0.478. The monoisotopic (exact) mass is 427 g/mol. The molecule has 2 amide bonds. The molecule has 31 heavy (non-hydrogen) atoms. The van der Waals surface area contributed by atoms with Crippen LogP contribution in [0.15, 0.2) is 36.4 Å². The highest BCUT2D eigenvalue weighted by molar-refractivity contribution is 6.21. The predicted octanol–water partition coefficient (Wildman–Crippen LogP) is 2.08. The lowest BCUT2D eigenvalue weighted by atomic mass is 9.70. The van der Waals surface area contributed by atoms with Gasteiger partial charge in [0.15, 0.2) is 0 Å². The van der Waals surface area contributed by atoms with Crippen molar-refractivity contribution >= 4 is 29.5 Å². The van der Waals surface area contributed by atoms with Gasteiger partial charge in [-0.05, 0) is 18.9 Å². The second-order valence-electron chi connectivity index (χ2n) is 8.06. The molecule has 0 unspecified atom stereocenters. The number of hydrogen-bond donors (Lipinski definition) is 0. The van der Waals surface area contributed by atoms with Gasteiger partial charge in [0.25, 0.3) is 5.91 Å². The molecule has 4 rings (SSSR count). The third kappa shape index (κ3) is 3.12. The fourth-order valence-corrected chi connectivity index (χ4v) is 4.95. The minimum absolute atomic E-state index is 0.243. The number of imide groups is 1. The minimum atomic E-state index is -2.14. The quantitative estimate of drug-likeness (QED) is 0.412. The van der Waals surface area contributed by atoms with E-state index in [-0.39, 0.29) is 11.8 Å². The number of hydrogen-bond acceptors (Lipinski definition) is 7. The number of esters is 2. The van der Waals surface area contributed by atoms with E-state index >= 15 is 0 Å². The fourth-order valence-electron chi connectivity index (χ4n) is 4.95. The molecule has 1 aromatic carbocycles. The Balaban J connectivity index is 1.89. The molecule has 0 radical (unpaired) electrons. The van der Waals surface area contributed by atoms with Crippen LogP contribution in [0.4, 0.5) is 0 Å². The van der Waals surface area contributed by atoms with Crippen LogP contribution in [0, 0.1) is 11.3 Å². The maximum atomic E-state index is 13.7. The van der Waals surface area contributed by atoms with Gasteiger partial charge >= 0.3 is 11.9 Å². The lowest BCUT2D eigenvalue weighted by Crippen LogP contribution is -2.58. The Hall–Kier alpha value is -3.16. The molecule has 2 aliphatic heterocycles. The molecule has 0 bridgehead atoms. The van der Waals surface area contributed by atoms with Crippen LogP contribution in [-0.4, -0.2) is 55.0 Å². The molecule has 8 heteroatoms. The van der Waals surface area contributed by atoms with Gasteiger partial charge < -0.3 is 14.2 Å². The average molecular weight is 427 g/mol. The van der Waals surface area contributed by atoms with Crippen molar-refractivity contribution in [3.8, 4) is 0 Å². The van der Waals surface area contributed by atoms with E-state index < -0.39 is 41.2 Å². The summed E-state index contributed by atoms with van der Waals surface area (Å²) < 4.78 is 15.7. The Morgan fingerprint density at radius 2 is 1.71 bits per heavy atom. The Morgan fingerprint density at radius 3 is 2.32 bits per heavy atom. The van der Waals surface area contributed by atoms with Crippen molar-refractivity contribution < 1.29 is 33.4 Å². The SMILES string of the molecule is COC(=O)[C@H]1OC(c2ccccc2)=C[C@H]2C(=O)N(C3CCCCC3)C(=O)[C@@]12C(=O)OC. The first-order valence-corrected chi connectivity index (χ1v) is 10.4. The Kier molecular flexibility index (Phi) is 5.56. The first-order chi connectivity index (χ1) is 15.0. The van der Waals surface area contributed by atoms with Crippen molar-refractivity contribution in [2.45, 2.75) is 44.2 Å². The van der Waals surface area contributed by atoms with Crippen LogP contribution in [0.5, 0.6) is 0 Å². The van der Waals surface area contributed by atoms with E-state index in [9.17, 15) is 19.2 Å². The molecule has 1 aliphatic carbocycles. The summed E-state index contributed by atoms with van der Waals surface area (Å²) in [5.41, 5.74) is -1.53. The zero-order valence-electron chi connectivity index (χ0n) is 17.5. The molecule has 0 N–H and O–H groups in total. The van der Waals surface area contributed by atoms with Gasteiger partial charge in [0.1, 0.15) is 5.76 Å². The van der Waals surface area contributed by atoms with Crippen molar-refractivity contribution in [3.05, 3.63) is 42.0 Å². The molecule has 1 saturated heterocycles. The first kappa shape index (κ1) is 21.1. The zero-order chi connectivity index (χ0) is 22.2. The van der Waals surface area contributed by atoms with Crippen LogP contribution in [-0.2, 0) is 33.4 Å². The van der Waals surface area contributed by atoms with E-state index in [0.717, 1.165) is 33.5 Å². The molecule has 3 aliphatic rings. The topological polar surface area (TPSA) is 99.2 Å². The van der Waals surface area contributed by atoms with Gasteiger partial charge in [0.2, 0.25) is 17.4 Å². The highest BCUT2D eigenvalue weighted by atomic mass is 16.6. The van der Waals surface area contributed by atoms with Crippen LogP contribution in [0.3, 0.4) is 0 Å². The van der Waals surface area contributed by atoms with E-state index in [1.54, 1.807) is 24.3 Å². The standard InChI is InChI=1S/C23H25NO7/c1-29-20(26)18-23(22(28)30-2)16(13-17(31-18)14-9-5-3-6-10-14)19(25)24(21(23)27)15-11-7-4-8-12-15/h3,5-6,9-10,13,15-16,18H,4,7-8,11-12H2,1-2H3/t16-,18+,23-/m0/s1. The van der Waals surface area contributed by atoms with Crippen molar-refractivity contribution in [1.29, 1.82) is 0 Å². The van der Waals surface area contributed by atoms with Crippen LogP contribution in [0.1, 0.15) is 37.7 Å². The number of methoxy groups -OCH3 is 2. The number of ether oxygens (including phenoxy) is 3. The molecular weight excluding hydrogens is 402 g/mol. The van der Waals surface area contributed by atoms with Crippen LogP contribution in [0.2, 0.25) is 0 Å². The zero-order valence-corrected chi connectivity index (χ0v) is 17.5. The minimum Gasteiger partial charge on any atom is -0.477 e. The number of fused-ring (bicyclic) bond motifs is 1. The lowest BCUT2D eigenvalue weighted by Gasteiger charge is -2.38. The van der Waals surface area contributed by atoms with E-state index in [4.69, 9.17) is 14.2 Å². The molecule has 3 atom stereocenters. The summed E-state index contributed by atoms with van der Waals surface area (Å²) in [6.45, 7) is 0. The van der Waals surface area contributed by atoms with Crippen LogP contribution < -0.4 is 0 Å².